The third kappa shape index (κ3) is 7.28. The summed E-state index contributed by atoms with van der Waals surface area (Å²) < 4.78 is 0. The van der Waals surface area contributed by atoms with Gasteiger partial charge in [0.1, 0.15) is 0 Å². The summed E-state index contributed by atoms with van der Waals surface area (Å²) in [7, 11) is 0. The molecule has 1 fully saturated rings. The molecule has 3 heteroatoms. The second kappa shape index (κ2) is 11.1. The summed E-state index contributed by atoms with van der Waals surface area (Å²) in [5.41, 5.74) is 0. The summed E-state index contributed by atoms with van der Waals surface area (Å²) in [5.74, 6) is 0.363. The highest BCUT2D eigenvalue weighted by molar-refractivity contribution is 5.76. The Hall–Kier alpha value is -0.570. The maximum Gasteiger partial charge on any atom is 0.222 e. The summed E-state index contributed by atoms with van der Waals surface area (Å²) in [6, 6.07) is 0.370. The van der Waals surface area contributed by atoms with Crippen molar-refractivity contribution >= 4 is 5.91 Å². The third-order valence-corrected chi connectivity index (χ3v) is 4.32. The molecule has 0 spiro atoms. The van der Waals surface area contributed by atoms with Crippen molar-refractivity contribution in [1.82, 2.24) is 10.2 Å². The molecular weight excluding hydrogens is 248 g/mol. The Bertz CT molecular complexity index is 255. The summed E-state index contributed by atoms with van der Waals surface area (Å²) in [6.07, 6.45) is 12.6. The van der Waals surface area contributed by atoms with Crippen molar-refractivity contribution in [3.8, 4) is 0 Å². The molecule has 3 nitrogen and oxygen atoms in total. The fourth-order valence-electron chi connectivity index (χ4n) is 2.94. The van der Waals surface area contributed by atoms with E-state index in [1.165, 1.54) is 51.4 Å². The molecule has 1 aliphatic rings. The Morgan fingerprint density at radius 1 is 1.05 bits per heavy atom. The van der Waals surface area contributed by atoms with Crippen LogP contribution in [0.1, 0.15) is 78.1 Å². The molecule has 1 aliphatic heterocycles. The summed E-state index contributed by atoms with van der Waals surface area (Å²) in [4.78, 5) is 14.2. The van der Waals surface area contributed by atoms with Gasteiger partial charge in [0, 0.05) is 32.1 Å². The number of amides is 1. The van der Waals surface area contributed by atoms with Crippen molar-refractivity contribution < 1.29 is 4.79 Å². The highest BCUT2D eigenvalue weighted by Crippen LogP contribution is 2.12. The first-order valence-corrected chi connectivity index (χ1v) is 8.76. The first-order valence-electron chi connectivity index (χ1n) is 8.76. The minimum absolute atomic E-state index is 0.363. The average molecular weight is 282 g/mol. The van der Waals surface area contributed by atoms with E-state index in [0.717, 1.165) is 32.5 Å². The van der Waals surface area contributed by atoms with Crippen molar-refractivity contribution in [1.29, 1.82) is 0 Å². The van der Waals surface area contributed by atoms with Gasteiger partial charge in [-0.15, -0.1) is 0 Å². The zero-order valence-electron chi connectivity index (χ0n) is 13.6. The molecule has 1 atom stereocenters. The Labute approximate surface area is 125 Å². The molecule has 0 saturated carbocycles. The van der Waals surface area contributed by atoms with Crippen LogP contribution in [0, 0.1) is 0 Å². The van der Waals surface area contributed by atoms with Gasteiger partial charge in [0.25, 0.3) is 0 Å². The first kappa shape index (κ1) is 17.5. The summed E-state index contributed by atoms with van der Waals surface area (Å²) >= 11 is 0. The largest absolute Gasteiger partial charge is 0.337 e. The normalized spacial score (nSPS) is 19.3. The molecule has 1 amide bonds. The molecule has 1 N–H and O–H groups in total. The van der Waals surface area contributed by atoms with Crippen molar-refractivity contribution in [2.75, 3.05) is 19.6 Å². The monoisotopic (exact) mass is 282 g/mol. The van der Waals surface area contributed by atoms with Crippen LogP contribution in [0.4, 0.5) is 0 Å². The lowest BCUT2D eigenvalue weighted by atomic mass is 10.1. The molecule has 20 heavy (non-hydrogen) atoms. The van der Waals surface area contributed by atoms with E-state index in [4.69, 9.17) is 0 Å². The Balaban J connectivity index is 1.94. The van der Waals surface area contributed by atoms with E-state index < -0.39 is 0 Å². The number of piperazine rings is 1. The third-order valence-electron chi connectivity index (χ3n) is 4.32. The van der Waals surface area contributed by atoms with Crippen molar-refractivity contribution in [2.24, 2.45) is 0 Å². The molecule has 0 aromatic rings. The molecule has 0 bridgehead atoms. The molecular formula is C17H34N2O. The quantitative estimate of drug-likeness (QED) is 0.619. The molecule has 1 heterocycles. The second-order valence-electron chi connectivity index (χ2n) is 6.22. The van der Waals surface area contributed by atoms with Crippen LogP contribution in [0.5, 0.6) is 0 Å². The van der Waals surface area contributed by atoms with Gasteiger partial charge >= 0.3 is 0 Å². The van der Waals surface area contributed by atoms with Gasteiger partial charge in [-0.2, -0.15) is 0 Å². The van der Waals surface area contributed by atoms with Crippen LogP contribution in [0.2, 0.25) is 0 Å². The Morgan fingerprint density at radius 3 is 2.25 bits per heavy atom. The van der Waals surface area contributed by atoms with E-state index in [9.17, 15) is 4.79 Å². The van der Waals surface area contributed by atoms with Gasteiger partial charge in [0.15, 0.2) is 0 Å². The predicted octanol–water partition coefficient (Wildman–Crippen LogP) is 3.73. The zero-order valence-corrected chi connectivity index (χ0v) is 13.6. The number of unbranched alkanes of at least 4 members (excludes halogenated alkanes) is 8. The van der Waals surface area contributed by atoms with Crippen LogP contribution in [-0.4, -0.2) is 36.5 Å². The molecule has 1 saturated heterocycles. The Morgan fingerprint density at radius 2 is 1.65 bits per heavy atom. The lowest BCUT2D eigenvalue weighted by molar-refractivity contribution is -0.134. The summed E-state index contributed by atoms with van der Waals surface area (Å²) in [6.45, 7) is 7.19. The number of nitrogens with zero attached hydrogens (tertiary/aromatic N) is 1. The van der Waals surface area contributed by atoms with Crippen LogP contribution in [0.25, 0.3) is 0 Å². The minimum atomic E-state index is 0.363. The van der Waals surface area contributed by atoms with E-state index in [1.54, 1.807) is 0 Å². The maximum atomic E-state index is 12.1. The number of hydrogen-bond donors (Lipinski definition) is 1. The fourth-order valence-corrected chi connectivity index (χ4v) is 2.94. The van der Waals surface area contributed by atoms with Gasteiger partial charge in [0.2, 0.25) is 5.91 Å². The van der Waals surface area contributed by atoms with Gasteiger partial charge in [-0.25, -0.2) is 0 Å². The second-order valence-corrected chi connectivity index (χ2v) is 6.22. The maximum absolute atomic E-state index is 12.1. The highest BCUT2D eigenvalue weighted by Gasteiger charge is 2.21. The highest BCUT2D eigenvalue weighted by atomic mass is 16.2. The number of carbonyl (C=O) groups is 1. The topological polar surface area (TPSA) is 32.3 Å². The minimum Gasteiger partial charge on any atom is -0.337 e. The van der Waals surface area contributed by atoms with E-state index in [2.05, 4.69) is 24.1 Å². The van der Waals surface area contributed by atoms with Crippen LogP contribution >= 0.6 is 0 Å². The van der Waals surface area contributed by atoms with Crippen LogP contribution < -0.4 is 5.32 Å². The first-order chi connectivity index (χ1) is 9.75. The number of rotatable bonds is 10. The molecule has 118 valence electrons. The smallest absolute Gasteiger partial charge is 0.222 e. The van der Waals surface area contributed by atoms with Crippen LogP contribution in [-0.2, 0) is 4.79 Å². The van der Waals surface area contributed by atoms with E-state index >= 15 is 0 Å². The fraction of sp³-hybridized carbons (Fsp3) is 0.941. The van der Waals surface area contributed by atoms with E-state index in [0.29, 0.717) is 11.9 Å². The SMILES string of the molecule is CCCCCCCCCCCC(=O)N1CCNC[C@H]1C. The van der Waals surface area contributed by atoms with Crippen molar-refractivity contribution in [3.05, 3.63) is 0 Å². The van der Waals surface area contributed by atoms with Crippen LogP contribution in [0.3, 0.4) is 0 Å². The predicted molar refractivity (Wildman–Crippen MR) is 85.9 cm³/mol. The average Bonchev–Trinajstić information content (AvgIpc) is 2.46. The van der Waals surface area contributed by atoms with Gasteiger partial charge in [-0.05, 0) is 13.3 Å². The van der Waals surface area contributed by atoms with Crippen molar-refractivity contribution in [3.63, 3.8) is 0 Å². The Kier molecular flexibility index (Phi) is 9.73. The van der Waals surface area contributed by atoms with Crippen molar-refractivity contribution in [2.45, 2.75) is 84.1 Å². The number of carbonyl (C=O) groups excluding carboxylic acids is 1. The van der Waals surface area contributed by atoms with Crippen LogP contribution in [0.15, 0.2) is 0 Å². The number of nitrogens with one attached hydrogen (secondary N) is 1. The van der Waals surface area contributed by atoms with Gasteiger partial charge in [-0.3, -0.25) is 4.79 Å². The molecule has 0 aromatic heterocycles. The molecule has 0 aromatic carbocycles. The molecule has 0 radical (unpaired) electrons. The van der Waals surface area contributed by atoms with Gasteiger partial charge in [-0.1, -0.05) is 58.3 Å². The zero-order chi connectivity index (χ0) is 14.6. The number of hydrogen-bond acceptors (Lipinski definition) is 2. The lowest BCUT2D eigenvalue weighted by Crippen LogP contribution is -2.52. The molecule has 0 aliphatic carbocycles. The van der Waals surface area contributed by atoms with E-state index in [-0.39, 0.29) is 0 Å². The molecule has 0 unspecified atom stereocenters. The van der Waals surface area contributed by atoms with E-state index in [1.807, 2.05) is 0 Å². The molecule has 1 rings (SSSR count). The standard InChI is InChI=1S/C17H34N2O/c1-3-4-5-6-7-8-9-10-11-12-17(20)19-14-13-18-15-16(19)2/h16,18H,3-15H2,1-2H3/t16-/m1/s1. The van der Waals surface area contributed by atoms with Gasteiger partial charge in [0.05, 0.1) is 0 Å². The van der Waals surface area contributed by atoms with Gasteiger partial charge < -0.3 is 10.2 Å². The summed E-state index contributed by atoms with van der Waals surface area (Å²) in [5, 5.41) is 3.33. The lowest BCUT2D eigenvalue weighted by Gasteiger charge is -2.34.